The minimum atomic E-state index is -0.0710. The number of carbonyl (C=O) groups excluding carboxylic acids is 1. The van der Waals surface area contributed by atoms with Crippen molar-refractivity contribution in [3.05, 3.63) is 64.9 Å². The van der Waals surface area contributed by atoms with E-state index in [-0.39, 0.29) is 17.7 Å². The summed E-state index contributed by atoms with van der Waals surface area (Å²) < 4.78 is 8.22. The zero-order valence-electron chi connectivity index (χ0n) is 14.9. The Balaban J connectivity index is 1.63. The van der Waals surface area contributed by atoms with E-state index in [0.29, 0.717) is 10.9 Å². The van der Waals surface area contributed by atoms with Crippen molar-refractivity contribution in [1.29, 1.82) is 0 Å². The van der Waals surface area contributed by atoms with Crippen molar-refractivity contribution >= 4 is 33.6 Å². The first-order valence-electron chi connectivity index (χ1n) is 8.29. The van der Waals surface area contributed by atoms with Crippen LogP contribution < -0.4 is 10.1 Å². The van der Waals surface area contributed by atoms with Crippen LogP contribution in [0, 0.1) is 0 Å². The molecule has 0 fully saturated rings. The predicted molar refractivity (Wildman–Crippen MR) is 109 cm³/mol. The highest BCUT2D eigenvalue weighted by Crippen LogP contribution is 2.26. The molecule has 1 atom stereocenters. The average molecular weight is 447 g/mol. The molecule has 8 heteroatoms. The van der Waals surface area contributed by atoms with Crippen molar-refractivity contribution in [2.24, 2.45) is 0 Å². The van der Waals surface area contributed by atoms with Crippen molar-refractivity contribution in [1.82, 2.24) is 20.1 Å². The average Bonchev–Trinajstić information content (AvgIpc) is 3.15. The van der Waals surface area contributed by atoms with Crippen LogP contribution in [0.1, 0.15) is 18.5 Å². The highest BCUT2D eigenvalue weighted by atomic mass is 79.9. The van der Waals surface area contributed by atoms with E-state index in [1.54, 1.807) is 13.4 Å². The summed E-state index contributed by atoms with van der Waals surface area (Å²) in [7, 11) is 1.62. The number of amides is 1. The van der Waals surface area contributed by atoms with Gasteiger partial charge in [-0.15, -0.1) is 10.2 Å². The number of carbonyl (C=O) groups is 1. The first kappa shape index (κ1) is 19.4. The molecule has 1 aromatic heterocycles. The summed E-state index contributed by atoms with van der Waals surface area (Å²) >= 11 is 4.74. The molecule has 0 aliphatic carbocycles. The summed E-state index contributed by atoms with van der Waals surface area (Å²) in [6.07, 6.45) is 1.61. The molecule has 1 heterocycles. The Morgan fingerprint density at radius 2 is 2.00 bits per heavy atom. The molecule has 0 saturated heterocycles. The highest BCUT2D eigenvalue weighted by Gasteiger charge is 2.14. The van der Waals surface area contributed by atoms with Crippen LogP contribution >= 0.6 is 27.7 Å². The Labute approximate surface area is 170 Å². The fourth-order valence-corrected chi connectivity index (χ4v) is 3.56. The van der Waals surface area contributed by atoms with Crippen LogP contribution in [0.2, 0.25) is 0 Å². The largest absolute Gasteiger partial charge is 0.495 e. The molecule has 140 valence electrons. The number of ether oxygens (including phenoxy) is 1. The van der Waals surface area contributed by atoms with Crippen molar-refractivity contribution in [3.8, 4) is 11.4 Å². The van der Waals surface area contributed by atoms with Gasteiger partial charge < -0.3 is 10.1 Å². The van der Waals surface area contributed by atoms with E-state index in [4.69, 9.17) is 4.74 Å². The van der Waals surface area contributed by atoms with Crippen LogP contribution in [0.25, 0.3) is 5.69 Å². The number of hydrogen-bond donors (Lipinski definition) is 1. The van der Waals surface area contributed by atoms with Gasteiger partial charge in [-0.2, -0.15) is 0 Å². The standard InChI is InChI=1S/C19H19BrN4O2S/c1-13(14-7-9-15(20)10-8-14)22-18(25)11-27-19-23-21-12-24(19)16-5-3-4-6-17(16)26-2/h3-10,12-13H,11H2,1-2H3,(H,22,25)/t13-/m1/s1. The molecule has 6 nitrogen and oxygen atoms in total. The first-order valence-corrected chi connectivity index (χ1v) is 10.1. The van der Waals surface area contributed by atoms with Gasteiger partial charge in [-0.25, -0.2) is 0 Å². The van der Waals surface area contributed by atoms with Gasteiger partial charge in [0.15, 0.2) is 5.16 Å². The fourth-order valence-electron chi connectivity index (χ4n) is 2.56. The van der Waals surface area contributed by atoms with Crippen molar-refractivity contribution in [2.45, 2.75) is 18.1 Å². The summed E-state index contributed by atoms with van der Waals surface area (Å²) in [6, 6.07) is 15.4. The van der Waals surface area contributed by atoms with E-state index in [0.717, 1.165) is 15.7 Å². The molecule has 3 rings (SSSR count). The van der Waals surface area contributed by atoms with Crippen molar-refractivity contribution in [2.75, 3.05) is 12.9 Å². The third-order valence-corrected chi connectivity index (χ3v) is 5.41. The van der Waals surface area contributed by atoms with Crippen LogP contribution in [0.5, 0.6) is 5.75 Å². The summed E-state index contributed by atoms with van der Waals surface area (Å²) in [5, 5.41) is 11.7. The number of methoxy groups -OCH3 is 1. The molecule has 27 heavy (non-hydrogen) atoms. The normalized spacial score (nSPS) is 11.8. The number of para-hydroxylation sites is 2. The number of nitrogens with zero attached hydrogens (tertiary/aromatic N) is 3. The van der Waals surface area contributed by atoms with Crippen LogP contribution in [0.15, 0.2) is 64.5 Å². The third kappa shape index (κ3) is 4.90. The van der Waals surface area contributed by atoms with Gasteiger partial charge in [0.25, 0.3) is 0 Å². The zero-order valence-corrected chi connectivity index (χ0v) is 17.3. The van der Waals surface area contributed by atoms with Gasteiger partial charge in [-0.1, -0.05) is 52.0 Å². The van der Waals surface area contributed by atoms with E-state index in [1.165, 1.54) is 11.8 Å². The van der Waals surface area contributed by atoms with Crippen LogP contribution in [0.3, 0.4) is 0 Å². The zero-order chi connectivity index (χ0) is 19.2. The summed E-state index contributed by atoms with van der Waals surface area (Å²) in [6.45, 7) is 1.96. The molecule has 0 unspecified atom stereocenters. The lowest BCUT2D eigenvalue weighted by Gasteiger charge is -2.14. The second-order valence-corrected chi connectivity index (χ2v) is 7.64. The lowest BCUT2D eigenvalue weighted by Crippen LogP contribution is -2.28. The van der Waals surface area contributed by atoms with E-state index < -0.39 is 0 Å². The minimum Gasteiger partial charge on any atom is -0.495 e. The monoisotopic (exact) mass is 446 g/mol. The fraction of sp³-hybridized carbons (Fsp3) is 0.211. The van der Waals surface area contributed by atoms with Gasteiger partial charge >= 0.3 is 0 Å². The molecule has 3 aromatic rings. The molecule has 0 bridgehead atoms. The molecule has 1 N–H and O–H groups in total. The molecular weight excluding hydrogens is 428 g/mol. The molecule has 0 radical (unpaired) electrons. The minimum absolute atomic E-state index is 0.0648. The molecule has 2 aromatic carbocycles. The number of halogens is 1. The number of rotatable bonds is 7. The lowest BCUT2D eigenvalue weighted by atomic mass is 10.1. The van der Waals surface area contributed by atoms with Crippen LogP contribution in [0.4, 0.5) is 0 Å². The van der Waals surface area contributed by atoms with E-state index in [2.05, 4.69) is 31.4 Å². The summed E-state index contributed by atoms with van der Waals surface area (Å²) in [4.78, 5) is 12.3. The van der Waals surface area contributed by atoms with E-state index >= 15 is 0 Å². The molecule has 0 aliphatic rings. The quantitative estimate of drug-likeness (QED) is 0.555. The first-order chi connectivity index (χ1) is 13.1. The topological polar surface area (TPSA) is 69.0 Å². The van der Waals surface area contributed by atoms with Crippen LogP contribution in [-0.4, -0.2) is 33.5 Å². The maximum absolute atomic E-state index is 12.3. The number of thioether (sulfide) groups is 1. The van der Waals surface area contributed by atoms with Gasteiger partial charge in [0, 0.05) is 4.47 Å². The number of benzene rings is 2. The van der Waals surface area contributed by atoms with Gasteiger partial charge in [-0.3, -0.25) is 9.36 Å². The lowest BCUT2D eigenvalue weighted by molar-refractivity contribution is -0.119. The van der Waals surface area contributed by atoms with Crippen molar-refractivity contribution in [3.63, 3.8) is 0 Å². The number of hydrogen-bond acceptors (Lipinski definition) is 5. The molecule has 0 saturated carbocycles. The highest BCUT2D eigenvalue weighted by molar-refractivity contribution is 9.10. The second-order valence-electron chi connectivity index (χ2n) is 5.78. The Kier molecular flexibility index (Phi) is 6.52. The Morgan fingerprint density at radius 3 is 2.74 bits per heavy atom. The van der Waals surface area contributed by atoms with Gasteiger partial charge in [0.05, 0.1) is 24.6 Å². The number of aromatic nitrogens is 3. The maximum atomic E-state index is 12.3. The second kappa shape index (κ2) is 9.05. The van der Waals surface area contributed by atoms with E-state index in [9.17, 15) is 4.79 Å². The molecule has 1 amide bonds. The van der Waals surface area contributed by atoms with Crippen molar-refractivity contribution < 1.29 is 9.53 Å². The smallest absolute Gasteiger partial charge is 0.230 e. The predicted octanol–water partition coefficient (Wildman–Crippen LogP) is 4.01. The molecule has 0 spiro atoms. The third-order valence-electron chi connectivity index (χ3n) is 3.94. The molecular formula is C19H19BrN4O2S. The van der Waals surface area contributed by atoms with Gasteiger partial charge in [-0.05, 0) is 36.8 Å². The number of nitrogens with one attached hydrogen (secondary N) is 1. The Hall–Kier alpha value is -2.32. The molecule has 0 aliphatic heterocycles. The Bertz CT molecular complexity index is 914. The maximum Gasteiger partial charge on any atom is 0.230 e. The summed E-state index contributed by atoms with van der Waals surface area (Å²) in [5.41, 5.74) is 1.88. The summed E-state index contributed by atoms with van der Waals surface area (Å²) in [5.74, 6) is 0.895. The van der Waals surface area contributed by atoms with Gasteiger partial charge in [0.2, 0.25) is 5.91 Å². The Morgan fingerprint density at radius 1 is 1.26 bits per heavy atom. The van der Waals surface area contributed by atoms with E-state index in [1.807, 2.05) is 60.0 Å². The van der Waals surface area contributed by atoms with Gasteiger partial charge in [0.1, 0.15) is 12.1 Å². The SMILES string of the molecule is COc1ccccc1-n1cnnc1SCC(=O)N[C@H](C)c1ccc(Br)cc1. The van der Waals surface area contributed by atoms with Crippen LogP contribution in [-0.2, 0) is 4.79 Å².